The van der Waals surface area contributed by atoms with E-state index in [0.717, 1.165) is 25.9 Å². The number of piperidine rings is 1. The molecule has 0 radical (unpaired) electrons. The lowest BCUT2D eigenvalue weighted by Crippen LogP contribution is -2.49. The number of benzene rings is 1. The third kappa shape index (κ3) is 5.34. The van der Waals surface area contributed by atoms with Crippen molar-refractivity contribution in [1.29, 1.82) is 0 Å². The number of amides is 1. The van der Waals surface area contributed by atoms with Gasteiger partial charge in [0.15, 0.2) is 0 Å². The Morgan fingerprint density at radius 3 is 2.59 bits per heavy atom. The van der Waals surface area contributed by atoms with Crippen LogP contribution in [-0.4, -0.2) is 35.2 Å². The van der Waals surface area contributed by atoms with E-state index in [9.17, 15) is 4.79 Å². The van der Waals surface area contributed by atoms with Crippen LogP contribution in [0.5, 0.6) is 0 Å². The van der Waals surface area contributed by atoms with Crippen LogP contribution in [0.25, 0.3) is 0 Å². The molecule has 0 saturated carbocycles. The van der Waals surface area contributed by atoms with E-state index in [2.05, 4.69) is 41.4 Å². The Hall–Kier alpha value is -1.55. The van der Waals surface area contributed by atoms with E-state index >= 15 is 0 Å². The number of nitrogens with zero attached hydrogens (tertiary/aromatic N) is 1. The first kappa shape index (κ1) is 16.8. The van der Waals surface area contributed by atoms with Gasteiger partial charge in [0.25, 0.3) is 0 Å². The van der Waals surface area contributed by atoms with E-state index in [1.165, 1.54) is 5.56 Å². The normalized spacial score (nSPS) is 23.1. The summed E-state index contributed by atoms with van der Waals surface area (Å²) >= 11 is 0. The first-order valence-corrected chi connectivity index (χ1v) is 8.11. The Labute approximate surface area is 133 Å². The summed E-state index contributed by atoms with van der Waals surface area (Å²) in [5.74, 6) is 0. The first-order valence-electron chi connectivity index (χ1n) is 8.11. The molecule has 1 saturated heterocycles. The summed E-state index contributed by atoms with van der Waals surface area (Å²) in [7, 11) is 0. The number of carbonyl (C=O) groups excluding carboxylic acids is 1. The van der Waals surface area contributed by atoms with Crippen LogP contribution in [0.4, 0.5) is 4.79 Å². The van der Waals surface area contributed by atoms with Gasteiger partial charge in [-0.15, -0.1) is 0 Å². The average molecular weight is 304 g/mol. The fourth-order valence-electron chi connectivity index (χ4n) is 2.88. The average Bonchev–Trinajstić information content (AvgIpc) is 2.41. The van der Waals surface area contributed by atoms with E-state index in [1.54, 1.807) is 0 Å². The number of hydrogen-bond donors (Lipinski definition) is 1. The van der Waals surface area contributed by atoms with Crippen molar-refractivity contribution in [2.75, 3.05) is 6.54 Å². The van der Waals surface area contributed by atoms with Crippen molar-refractivity contribution in [2.45, 2.75) is 64.8 Å². The van der Waals surface area contributed by atoms with Crippen LogP contribution < -0.4 is 5.32 Å². The number of nitrogens with one attached hydrogen (secondary N) is 1. The van der Waals surface area contributed by atoms with Gasteiger partial charge in [-0.05, 0) is 46.1 Å². The number of alkyl carbamates (subject to hydrolysis) is 1. The van der Waals surface area contributed by atoms with Crippen LogP contribution >= 0.6 is 0 Å². The van der Waals surface area contributed by atoms with Crippen molar-refractivity contribution in [3.05, 3.63) is 35.9 Å². The number of hydrogen-bond acceptors (Lipinski definition) is 3. The molecule has 1 aromatic carbocycles. The SMILES string of the molecule is CC1CC(NC(=O)OC(C)(C)C)CCN1Cc1ccccc1. The largest absolute Gasteiger partial charge is 0.444 e. The van der Waals surface area contributed by atoms with Crippen LogP contribution in [0.3, 0.4) is 0 Å². The topological polar surface area (TPSA) is 41.6 Å². The lowest BCUT2D eigenvalue weighted by molar-refractivity contribution is 0.0453. The zero-order valence-electron chi connectivity index (χ0n) is 14.1. The molecule has 1 aromatic rings. The van der Waals surface area contributed by atoms with Gasteiger partial charge >= 0.3 is 6.09 Å². The maximum absolute atomic E-state index is 11.9. The lowest BCUT2D eigenvalue weighted by atomic mass is 9.97. The number of likely N-dealkylation sites (tertiary alicyclic amines) is 1. The second-order valence-electron chi connectivity index (χ2n) is 7.17. The highest BCUT2D eigenvalue weighted by molar-refractivity contribution is 5.68. The molecule has 1 fully saturated rings. The highest BCUT2D eigenvalue weighted by atomic mass is 16.6. The summed E-state index contributed by atoms with van der Waals surface area (Å²) in [6, 6.07) is 11.2. The third-order valence-electron chi connectivity index (χ3n) is 3.96. The Bertz CT molecular complexity index is 482. The summed E-state index contributed by atoms with van der Waals surface area (Å²) in [6.07, 6.45) is 1.63. The van der Waals surface area contributed by atoms with E-state index in [1.807, 2.05) is 26.8 Å². The fourth-order valence-corrected chi connectivity index (χ4v) is 2.88. The minimum Gasteiger partial charge on any atom is -0.444 e. The molecule has 1 aliphatic rings. The summed E-state index contributed by atoms with van der Waals surface area (Å²) in [5, 5.41) is 3.00. The predicted octanol–water partition coefficient (Wildman–Crippen LogP) is 3.56. The van der Waals surface area contributed by atoms with Crippen molar-refractivity contribution >= 4 is 6.09 Å². The van der Waals surface area contributed by atoms with Crippen LogP contribution in [0.1, 0.15) is 46.1 Å². The molecule has 1 aliphatic heterocycles. The molecule has 122 valence electrons. The molecule has 1 N–H and O–H groups in total. The molecule has 4 heteroatoms. The molecule has 1 heterocycles. The molecular formula is C18H28N2O2. The van der Waals surface area contributed by atoms with E-state index in [0.29, 0.717) is 6.04 Å². The Morgan fingerprint density at radius 1 is 1.32 bits per heavy atom. The van der Waals surface area contributed by atoms with Crippen molar-refractivity contribution in [3.8, 4) is 0 Å². The monoisotopic (exact) mass is 304 g/mol. The fraction of sp³-hybridized carbons (Fsp3) is 0.611. The number of rotatable bonds is 3. The highest BCUT2D eigenvalue weighted by Gasteiger charge is 2.27. The first-order chi connectivity index (χ1) is 10.3. The summed E-state index contributed by atoms with van der Waals surface area (Å²) in [4.78, 5) is 14.3. The molecule has 0 spiro atoms. The highest BCUT2D eigenvalue weighted by Crippen LogP contribution is 2.20. The third-order valence-corrected chi connectivity index (χ3v) is 3.96. The summed E-state index contributed by atoms with van der Waals surface area (Å²) in [5.41, 5.74) is 0.900. The minimum atomic E-state index is -0.441. The van der Waals surface area contributed by atoms with Gasteiger partial charge < -0.3 is 10.1 Å². The van der Waals surface area contributed by atoms with Crippen molar-refractivity contribution < 1.29 is 9.53 Å². The van der Waals surface area contributed by atoms with E-state index in [-0.39, 0.29) is 12.1 Å². The standard InChI is InChI=1S/C18H28N2O2/c1-14-12-16(19-17(21)22-18(2,3)4)10-11-20(14)13-15-8-6-5-7-9-15/h5-9,14,16H,10-13H2,1-4H3,(H,19,21). The molecular weight excluding hydrogens is 276 g/mol. The second-order valence-corrected chi connectivity index (χ2v) is 7.17. The smallest absolute Gasteiger partial charge is 0.407 e. The van der Waals surface area contributed by atoms with Crippen LogP contribution in [0, 0.1) is 0 Å². The van der Waals surface area contributed by atoms with Crippen LogP contribution in [-0.2, 0) is 11.3 Å². The van der Waals surface area contributed by atoms with Crippen molar-refractivity contribution in [2.24, 2.45) is 0 Å². The van der Waals surface area contributed by atoms with Gasteiger partial charge in [0, 0.05) is 25.2 Å². The number of ether oxygens (including phenoxy) is 1. The maximum atomic E-state index is 11.9. The zero-order chi connectivity index (χ0) is 16.2. The van der Waals surface area contributed by atoms with Gasteiger partial charge in [-0.2, -0.15) is 0 Å². The molecule has 4 nitrogen and oxygen atoms in total. The molecule has 22 heavy (non-hydrogen) atoms. The van der Waals surface area contributed by atoms with Gasteiger partial charge in [-0.25, -0.2) is 4.79 Å². The molecule has 2 atom stereocenters. The number of carbonyl (C=O) groups is 1. The molecule has 2 rings (SSSR count). The molecule has 1 amide bonds. The Kier molecular flexibility index (Phi) is 5.46. The summed E-state index contributed by atoms with van der Waals surface area (Å²) < 4.78 is 5.33. The van der Waals surface area contributed by atoms with Gasteiger partial charge in [0.2, 0.25) is 0 Å². The summed E-state index contributed by atoms with van der Waals surface area (Å²) in [6.45, 7) is 9.86. The molecule has 0 aliphatic carbocycles. The van der Waals surface area contributed by atoms with Crippen LogP contribution in [0.15, 0.2) is 30.3 Å². The van der Waals surface area contributed by atoms with E-state index in [4.69, 9.17) is 4.74 Å². The van der Waals surface area contributed by atoms with Gasteiger partial charge in [-0.1, -0.05) is 30.3 Å². The van der Waals surface area contributed by atoms with Gasteiger partial charge in [-0.3, -0.25) is 4.90 Å². The van der Waals surface area contributed by atoms with E-state index < -0.39 is 5.60 Å². The molecule has 0 aromatic heterocycles. The maximum Gasteiger partial charge on any atom is 0.407 e. The lowest BCUT2D eigenvalue weighted by Gasteiger charge is -2.38. The van der Waals surface area contributed by atoms with Crippen LogP contribution in [0.2, 0.25) is 0 Å². The minimum absolute atomic E-state index is 0.205. The second kappa shape index (κ2) is 7.14. The zero-order valence-corrected chi connectivity index (χ0v) is 14.1. The van der Waals surface area contributed by atoms with Crippen molar-refractivity contribution in [1.82, 2.24) is 10.2 Å². The Balaban J connectivity index is 1.81. The van der Waals surface area contributed by atoms with Gasteiger partial charge in [0.1, 0.15) is 5.60 Å². The quantitative estimate of drug-likeness (QED) is 0.928. The van der Waals surface area contributed by atoms with Crippen molar-refractivity contribution in [3.63, 3.8) is 0 Å². The predicted molar refractivity (Wildman–Crippen MR) is 88.7 cm³/mol. The Morgan fingerprint density at radius 2 is 2.00 bits per heavy atom. The van der Waals surface area contributed by atoms with Gasteiger partial charge in [0.05, 0.1) is 0 Å². The molecule has 2 unspecified atom stereocenters. The molecule has 0 bridgehead atoms.